The molecule has 0 spiro atoms. The van der Waals surface area contributed by atoms with Crippen molar-refractivity contribution < 1.29 is 5.11 Å². The topological polar surface area (TPSA) is 56.0 Å². The van der Waals surface area contributed by atoms with E-state index in [2.05, 4.69) is 18.3 Å². The van der Waals surface area contributed by atoms with Gasteiger partial charge < -0.3 is 10.4 Å². The Kier molecular flexibility index (Phi) is 4.75. The molecule has 0 aliphatic rings. The lowest BCUT2D eigenvalue weighted by atomic mass is 10.1. The molecule has 0 saturated carbocycles. The third-order valence-corrected chi connectivity index (χ3v) is 3.34. The molecule has 0 radical (unpaired) electrons. The Balaban J connectivity index is 1.84. The molecule has 3 heteroatoms. The molecule has 0 bridgehead atoms. The van der Waals surface area contributed by atoms with Crippen LogP contribution in [0.3, 0.4) is 0 Å². The van der Waals surface area contributed by atoms with Gasteiger partial charge in [0.05, 0.1) is 11.6 Å². The van der Waals surface area contributed by atoms with Crippen molar-refractivity contribution in [2.75, 3.05) is 6.54 Å². The van der Waals surface area contributed by atoms with Gasteiger partial charge in [-0.2, -0.15) is 5.26 Å². The van der Waals surface area contributed by atoms with E-state index in [9.17, 15) is 5.11 Å². The van der Waals surface area contributed by atoms with Crippen molar-refractivity contribution in [1.82, 2.24) is 5.32 Å². The molecule has 2 aromatic carbocycles. The van der Waals surface area contributed by atoms with Crippen LogP contribution < -0.4 is 5.32 Å². The predicted octanol–water partition coefficient (Wildman–Crippen LogP) is 3.16. The fourth-order valence-electron chi connectivity index (χ4n) is 2.06. The van der Waals surface area contributed by atoms with E-state index in [1.54, 1.807) is 12.1 Å². The van der Waals surface area contributed by atoms with Crippen molar-refractivity contribution in [3.63, 3.8) is 0 Å². The minimum absolute atomic E-state index is 0.250. The molecule has 0 aromatic heterocycles. The summed E-state index contributed by atoms with van der Waals surface area (Å²) in [5.41, 5.74) is 3.06. The zero-order valence-electron chi connectivity index (χ0n) is 11.5. The van der Waals surface area contributed by atoms with Crippen LogP contribution in [0.25, 0.3) is 0 Å². The van der Waals surface area contributed by atoms with Gasteiger partial charge in [0.15, 0.2) is 0 Å². The number of rotatable bonds is 5. The summed E-state index contributed by atoms with van der Waals surface area (Å²) < 4.78 is 0. The van der Waals surface area contributed by atoms with Crippen molar-refractivity contribution in [2.45, 2.75) is 19.4 Å². The Morgan fingerprint density at radius 1 is 1.10 bits per heavy atom. The molecule has 0 saturated heterocycles. The highest BCUT2D eigenvalue weighted by atomic mass is 16.3. The number of hydrogen-bond acceptors (Lipinski definition) is 3. The van der Waals surface area contributed by atoms with E-state index in [4.69, 9.17) is 5.26 Å². The van der Waals surface area contributed by atoms with Crippen LogP contribution in [0.4, 0.5) is 0 Å². The highest BCUT2D eigenvalue weighted by Gasteiger charge is 2.04. The highest BCUT2D eigenvalue weighted by Crippen LogP contribution is 2.14. The van der Waals surface area contributed by atoms with E-state index in [-0.39, 0.29) is 6.04 Å². The van der Waals surface area contributed by atoms with Crippen LogP contribution in [0.2, 0.25) is 0 Å². The van der Waals surface area contributed by atoms with Crippen molar-refractivity contribution in [3.05, 3.63) is 65.2 Å². The monoisotopic (exact) mass is 266 g/mol. The van der Waals surface area contributed by atoms with Crippen molar-refractivity contribution >= 4 is 0 Å². The normalized spacial score (nSPS) is 11.8. The summed E-state index contributed by atoms with van der Waals surface area (Å²) in [5.74, 6) is 0.299. The molecule has 2 aromatic rings. The molecule has 20 heavy (non-hydrogen) atoms. The smallest absolute Gasteiger partial charge is 0.115 e. The minimum Gasteiger partial charge on any atom is -0.508 e. The van der Waals surface area contributed by atoms with Gasteiger partial charge in [0.1, 0.15) is 5.75 Å². The van der Waals surface area contributed by atoms with Crippen molar-refractivity contribution in [2.24, 2.45) is 0 Å². The zero-order valence-corrected chi connectivity index (χ0v) is 11.5. The number of benzene rings is 2. The Labute approximate surface area is 119 Å². The summed E-state index contributed by atoms with van der Waals surface area (Å²) >= 11 is 0. The molecule has 102 valence electrons. The number of phenolic OH excluding ortho intramolecular Hbond substituents is 1. The third-order valence-electron chi connectivity index (χ3n) is 3.34. The Hall–Kier alpha value is -2.31. The highest BCUT2D eigenvalue weighted by molar-refractivity contribution is 5.32. The first-order chi connectivity index (χ1) is 9.69. The first-order valence-electron chi connectivity index (χ1n) is 6.70. The van der Waals surface area contributed by atoms with Gasteiger partial charge in [-0.05, 0) is 55.3 Å². The molecule has 2 rings (SSSR count). The SMILES string of the molecule is CC(NCCc1ccc(O)cc1)c1ccc(C#N)cc1. The quantitative estimate of drug-likeness (QED) is 0.874. The maximum Gasteiger partial charge on any atom is 0.115 e. The fourth-order valence-corrected chi connectivity index (χ4v) is 2.06. The molecule has 0 aliphatic carbocycles. The minimum atomic E-state index is 0.250. The van der Waals surface area contributed by atoms with Gasteiger partial charge in [-0.25, -0.2) is 0 Å². The maximum absolute atomic E-state index is 9.22. The average Bonchev–Trinajstić information content (AvgIpc) is 2.49. The summed E-state index contributed by atoms with van der Waals surface area (Å²) in [5, 5.41) is 21.4. The zero-order chi connectivity index (χ0) is 14.4. The fraction of sp³-hybridized carbons (Fsp3) is 0.235. The van der Waals surface area contributed by atoms with Gasteiger partial charge >= 0.3 is 0 Å². The second-order valence-corrected chi connectivity index (χ2v) is 4.83. The van der Waals surface area contributed by atoms with E-state index in [1.807, 2.05) is 36.4 Å². The molecule has 0 aliphatic heterocycles. The Bertz CT molecular complexity index is 582. The van der Waals surface area contributed by atoms with Crippen LogP contribution in [0.5, 0.6) is 5.75 Å². The van der Waals surface area contributed by atoms with E-state index < -0.39 is 0 Å². The summed E-state index contributed by atoms with van der Waals surface area (Å²) in [6.07, 6.45) is 0.918. The van der Waals surface area contributed by atoms with Gasteiger partial charge in [0.25, 0.3) is 0 Å². The van der Waals surface area contributed by atoms with Crippen LogP contribution >= 0.6 is 0 Å². The number of aromatic hydroxyl groups is 1. The van der Waals surface area contributed by atoms with Gasteiger partial charge in [0.2, 0.25) is 0 Å². The van der Waals surface area contributed by atoms with Gasteiger partial charge in [0, 0.05) is 6.04 Å². The summed E-state index contributed by atoms with van der Waals surface area (Å²) in [6.45, 7) is 2.98. The van der Waals surface area contributed by atoms with Gasteiger partial charge in [-0.3, -0.25) is 0 Å². The largest absolute Gasteiger partial charge is 0.508 e. The molecule has 1 atom stereocenters. The van der Waals surface area contributed by atoms with Gasteiger partial charge in [-0.1, -0.05) is 24.3 Å². The molecule has 1 unspecified atom stereocenters. The molecule has 0 fully saturated rings. The van der Waals surface area contributed by atoms with Crippen LogP contribution in [0.15, 0.2) is 48.5 Å². The number of nitriles is 1. The lowest BCUT2D eigenvalue weighted by molar-refractivity contribution is 0.475. The molecular formula is C17H18N2O. The number of nitrogens with zero attached hydrogens (tertiary/aromatic N) is 1. The van der Waals surface area contributed by atoms with Crippen LogP contribution in [0, 0.1) is 11.3 Å². The summed E-state index contributed by atoms with van der Waals surface area (Å²) in [4.78, 5) is 0. The van der Waals surface area contributed by atoms with Crippen molar-refractivity contribution in [1.29, 1.82) is 5.26 Å². The molecule has 2 N–H and O–H groups in total. The van der Waals surface area contributed by atoms with Crippen LogP contribution in [-0.4, -0.2) is 11.7 Å². The van der Waals surface area contributed by atoms with E-state index >= 15 is 0 Å². The first-order valence-corrected chi connectivity index (χ1v) is 6.70. The first kappa shape index (κ1) is 14.1. The summed E-state index contributed by atoms with van der Waals surface area (Å²) in [7, 11) is 0. The number of phenols is 1. The second kappa shape index (κ2) is 6.74. The lowest BCUT2D eigenvalue weighted by Crippen LogP contribution is -2.21. The lowest BCUT2D eigenvalue weighted by Gasteiger charge is -2.14. The van der Waals surface area contributed by atoms with Crippen LogP contribution in [-0.2, 0) is 6.42 Å². The predicted molar refractivity (Wildman–Crippen MR) is 79.4 cm³/mol. The van der Waals surface area contributed by atoms with E-state index in [1.165, 1.54) is 11.1 Å². The summed E-state index contributed by atoms with van der Waals surface area (Å²) in [6, 6.07) is 17.3. The number of nitrogens with one attached hydrogen (secondary N) is 1. The molecule has 0 amide bonds. The third kappa shape index (κ3) is 3.84. The molecular weight excluding hydrogens is 248 g/mol. The van der Waals surface area contributed by atoms with E-state index in [0.717, 1.165) is 13.0 Å². The standard InChI is InChI=1S/C17H18N2O/c1-13(16-6-2-15(12-18)3-7-16)19-11-10-14-4-8-17(20)9-5-14/h2-9,13,19-20H,10-11H2,1H3. The second-order valence-electron chi connectivity index (χ2n) is 4.83. The van der Waals surface area contributed by atoms with Crippen LogP contribution in [0.1, 0.15) is 29.7 Å². The average molecular weight is 266 g/mol. The van der Waals surface area contributed by atoms with Gasteiger partial charge in [-0.15, -0.1) is 0 Å². The number of hydrogen-bond donors (Lipinski definition) is 2. The molecule has 0 heterocycles. The Morgan fingerprint density at radius 3 is 2.35 bits per heavy atom. The maximum atomic E-state index is 9.22. The van der Waals surface area contributed by atoms with E-state index in [0.29, 0.717) is 11.3 Å². The Morgan fingerprint density at radius 2 is 1.75 bits per heavy atom. The molecule has 3 nitrogen and oxygen atoms in total. The van der Waals surface area contributed by atoms with Crippen molar-refractivity contribution in [3.8, 4) is 11.8 Å².